The van der Waals surface area contributed by atoms with Crippen molar-refractivity contribution < 1.29 is 14.4 Å². The van der Waals surface area contributed by atoms with Gasteiger partial charge < -0.3 is 5.32 Å². The highest BCUT2D eigenvalue weighted by Crippen LogP contribution is 2.25. The molecule has 2 aromatic rings. The second-order valence-electron chi connectivity index (χ2n) is 7.27. The first kappa shape index (κ1) is 22.7. The predicted octanol–water partition coefficient (Wildman–Crippen LogP) is 3.81. The maximum Gasteiger partial charge on any atom is 0.269 e. The van der Waals surface area contributed by atoms with E-state index in [0.717, 1.165) is 25.7 Å². The maximum atomic E-state index is 12.3. The van der Waals surface area contributed by atoms with E-state index in [2.05, 4.69) is 21.5 Å². The Bertz CT molecular complexity index is 975. The summed E-state index contributed by atoms with van der Waals surface area (Å²) in [7, 11) is 0. The molecule has 0 aliphatic heterocycles. The van der Waals surface area contributed by atoms with E-state index in [0.29, 0.717) is 21.8 Å². The van der Waals surface area contributed by atoms with Crippen molar-refractivity contribution in [1.82, 2.24) is 16.2 Å². The highest BCUT2D eigenvalue weighted by molar-refractivity contribution is 7.80. The largest absolute Gasteiger partial charge is 0.326 e. The van der Waals surface area contributed by atoms with Gasteiger partial charge in [-0.25, -0.2) is 0 Å². The summed E-state index contributed by atoms with van der Waals surface area (Å²) < 4.78 is 0. The van der Waals surface area contributed by atoms with Crippen LogP contribution in [0, 0.1) is 5.92 Å². The third-order valence-corrected chi connectivity index (χ3v) is 5.43. The predicted molar refractivity (Wildman–Crippen MR) is 124 cm³/mol. The van der Waals surface area contributed by atoms with Crippen LogP contribution in [0.3, 0.4) is 0 Å². The van der Waals surface area contributed by atoms with Gasteiger partial charge >= 0.3 is 0 Å². The molecule has 1 aliphatic rings. The average Bonchev–Trinajstić information content (AvgIpc) is 2.78. The van der Waals surface area contributed by atoms with Crippen molar-refractivity contribution in [2.24, 2.45) is 5.92 Å². The van der Waals surface area contributed by atoms with Gasteiger partial charge in [-0.15, -0.1) is 0 Å². The van der Waals surface area contributed by atoms with Crippen molar-refractivity contribution in [1.29, 1.82) is 0 Å². The van der Waals surface area contributed by atoms with Crippen LogP contribution >= 0.6 is 23.8 Å². The first-order valence-corrected chi connectivity index (χ1v) is 10.8. The van der Waals surface area contributed by atoms with Crippen LogP contribution in [0.4, 0.5) is 5.69 Å². The van der Waals surface area contributed by atoms with Crippen LogP contribution in [0.1, 0.15) is 52.8 Å². The van der Waals surface area contributed by atoms with Gasteiger partial charge in [-0.2, -0.15) is 0 Å². The molecule has 1 saturated carbocycles. The Hall–Kier alpha value is -2.97. The first-order valence-electron chi connectivity index (χ1n) is 10.0. The molecule has 1 fully saturated rings. The number of rotatable bonds is 4. The second kappa shape index (κ2) is 10.9. The molecule has 0 spiro atoms. The van der Waals surface area contributed by atoms with Gasteiger partial charge in [0.25, 0.3) is 11.8 Å². The van der Waals surface area contributed by atoms with Gasteiger partial charge in [0.2, 0.25) is 5.91 Å². The fraction of sp³-hybridized carbons (Fsp3) is 0.273. The highest BCUT2D eigenvalue weighted by Gasteiger charge is 2.21. The number of nitrogens with one attached hydrogen (secondary N) is 4. The topological polar surface area (TPSA) is 99.3 Å². The summed E-state index contributed by atoms with van der Waals surface area (Å²) in [4.78, 5) is 36.7. The van der Waals surface area contributed by atoms with E-state index in [1.165, 1.54) is 12.5 Å². The third kappa shape index (κ3) is 6.77. The molecule has 0 saturated heterocycles. The fourth-order valence-electron chi connectivity index (χ4n) is 3.34. The molecule has 0 atom stereocenters. The van der Waals surface area contributed by atoms with E-state index >= 15 is 0 Å². The molecular weight excluding hydrogens is 436 g/mol. The second-order valence-corrected chi connectivity index (χ2v) is 8.12. The summed E-state index contributed by atoms with van der Waals surface area (Å²) in [6.45, 7) is 0. The monoisotopic (exact) mass is 458 g/mol. The number of carbonyl (C=O) groups is 3. The van der Waals surface area contributed by atoms with Gasteiger partial charge in [0.05, 0.1) is 0 Å². The van der Waals surface area contributed by atoms with E-state index < -0.39 is 11.8 Å². The van der Waals surface area contributed by atoms with Crippen LogP contribution in [0.15, 0.2) is 48.5 Å². The smallest absolute Gasteiger partial charge is 0.269 e. The Morgan fingerprint density at radius 3 is 2.26 bits per heavy atom. The molecule has 162 valence electrons. The Morgan fingerprint density at radius 1 is 0.871 bits per heavy atom. The van der Waals surface area contributed by atoms with Crippen LogP contribution in [-0.2, 0) is 4.79 Å². The number of benzene rings is 2. The number of carbonyl (C=O) groups excluding carboxylic acids is 3. The summed E-state index contributed by atoms with van der Waals surface area (Å²) in [5, 5.41) is 5.73. The summed E-state index contributed by atoms with van der Waals surface area (Å²) in [5.41, 5.74) is 6.26. The van der Waals surface area contributed by atoms with Crippen molar-refractivity contribution in [3.63, 3.8) is 0 Å². The van der Waals surface area contributed by atoms with Crippen molar-refractivity contribution in [3.8, 4) is 0 Å². The number of amides is 3. The number of hydrogen-bond donors (Lipinski definition) is 4. The molecule has 3 rings (SSSR count). The van der Waals surface area contributed by atoms with Crippen molar-refractivity contribution in [2.45, 2.75) is 32.1 Å². The first-order chi connectivity index (χ1) is 14.9. The zero-order valence-electron chi connectivity index (χ0n) is 16.7. The standard InChI is InChI=1S/C22H23ClN4O3S/c23-17-8-4-7-16(13-17)20(29)25-22(31)27-26-21(30)15-9-11-18(12-10-15)24-19(28)14-5-2-1-3-6-14/h4,7-14H,1-3,5-6H2,(H,24,28)(H,26,30)(H2,25,27,29,31). The van der Waals surface area contributed by atoms with Gasteiger partial charge in [-0.05, 0) is 67.5 Å². The van der Waals surface area contributed by atoms with E-state index in [1.54, 1.807) is 42.5 Å². The number of thiocarbonyl (C=S) groups is 1. The molecular formula is C22H23ClN4O3S. The molecule has 2 aromatic carbocycles. The van der Waals surface area contributed by atoms with Gasteiger partial charge in [0.1, 0.15) is 0 Å². The van der Waals surface area contributed by atoms with Crippen LogP contribution in [0.5, 0.6) is 0 Å². The molecule has 0 heterocycles. The van der Waals surface area contributed by atoms with Crippen molar-refractivity contribution >= 4 is 52.3 Å². The third-order valence-electron chi connectivity index (χ3n) is 4.99. The summed E-state index contributed by atoms with van der Waals surface area (Å²) in [6.07, 6.45) is 5.21. The molecule has 0 radical (unpaired) electrons. The van der Waals surface area contributed by atoms with E-state index in [4.69, 9.17) is 23.8 Å². The Balaban J connectivity index is 1.46. The Morgan fingerprint density at radius 2 is 1.58 bits per heavy atom. The lowest BCUT2D eigenvalue weighted by atomic mass is 9.88. The molecule has 4 N–H and O–H groups in total. The number of halogens is 1. The van der Waals surface area contributed by atoms with E-state index in [-0.39, 0.29) is 16.9 Å². The molecule has 31 heavy (non-hydrogen) atoms. The number of hydrogen-bond acceptors (Lipinski definition) is 4. The van der Waals surface area contributed by atoms with E-state index in [9.17, 15) is 14.4 Å². The van der Waals surface area contributed by atoms with Crippen LogP contribution in [0.2, 0.25) is 5.02 Å². The molecule has 0 unspecified atom stereocenters. The molecule has 9 heteroatoms. The minimum atomic E-state index is -0.452. The number of anilines is 1. The van der Waals surface area contributed by atoms with Crippen LogP contribution in [-0.4, -0.2) is 22.8 Å². The summed E-state index contributed by atoms with van der Waals surface area (Å²) >= 11 is 10.9. The molecule has 0 aromatic heterocycles. The maximum absolute atomic E-state index is 12.3. The zero-order chi connectivity index (χ0) is 22.2. The Labute approximate surface area is 190 Å². The molecule has 1 aliphatic carbocycles. The van der Waals surface area contributed by atoms with Gasteiger partial charge in [-0.3, -0.25) is 30.6 Å². The summed E-state index contributed by atoms with van der Waals surface area (Å²) in [6, 6.07) is 13.0. The van der Waals surface area contributed by atoms with E-state index in [1.807, 2.05) is 0 Å². The van der Waals surface area contributed by atoms with Gasteiger partial charge in [0, 0.05) is 27.8 Å². The number of hydrazine groups is 1. The molecule has 0 bridgehead atoms. The molecule has 7 nitrogen and oxygen atoms in total. The van der Waals surface area contributed by atoms with Crippen LogP contribution in [0.25, 0.3) is 0 Å². The SMILES string of the molecule is O=C(NNC(=S)NC(=O)c1cccc(Cl)c1)c1ccc(NC(=O)C2CCCCC2)cc1. The summed E-state index contributed by atoms with van der Waals surface area (Å²) in [5.74, 6) is -0.805. The lowest BCUT2D eigenvalue weighted by Gasteiger charge is -2.20. The Kier molecular flexibility index (Phi) is 7.97. The fourth-order valence-corrected chi connectivity index (χ4v) is 3.67. The van der Waals surface area contributed by atoms with Crippen LogP contribution < -0.4 is 21.5 Å². The quantitative estimate of drug-likeness (QED) is 0.412. The highest BCUT2D eigenvalue weighted by atomic mass is 35.5. The normalized spacial score (nSPS) is 13.7. The average molecular weight is 459 g/mol. The van der Waals surface area contributed by atoms with Gasteiger partial charge in [-0.1, -0.05) is 36.9 Å². The lowest BCUT2D eigenvalue weighted by molar-refractivity contribution is -0.120. The van der Waals surface area contributed by atoms with Crippen molar-refractivity contribution in [2.75, 3.05) is 5.32 Å². The van der Waals surface area contributed by atoms with Gasteiger partial charge in [0.15, 0.2) is 5.11 Å². The minimum Gasteiger partial charge on any atom is -0.326 e. The van der Waals surface area contributed by atoms with Crippen molar-refractivity contribution in [3.05, 3.63) is 64.7 Å². The minimum absolute atomic E-state index is 0.0272. The zero-order valence-corrected chi connectivity index (χ0v) is 18.3. The molecule has 3 amide bonds. The lowest BCUT2D eigenvalue weighted by Crippen LogP contribution is -2.48.